The molecule has 1 fully saturated rings. The van der Waals surface area contributed by atoms with Gasteiger partial charge in [-0.2, -0.15) is 11.8 Å². The second-order valence-corrected chi connectivity index (χ2v) is 4.17. The summed E-state index contributed by atoms with van der Waals surface area (Å²) in [6.07, 6.45) is 4.02. The number of thioether (sulfide) groups is 1. The maximum absolute atomic E-state index is 4.39. The highest BCUT2D eigenvalue weighted by atomic mass is 32.2. The standard InChI is InChI=1S/C8H16NS/c1-2-6-10-8-4-3-5-9-7-8/h8H,2-7H2,1H3. The largest absolute Gasteiger partial charge is 0.241 e. The van der Waals surface area contributed by atoms with Gasteiger partial charge in [-0.05, 0) is 25.0 Å². The van der Waals surface area contributed by atoms with Crippen LogP contribution < -0.4 is 5.32 Å². The molecule has 59 valence electrons. The summed E-state index contributed by atoms with van der Waals surface area (Å²) in [5.41, 5.74) is 0. The Balaban J connectivity index is 2.02. The van der Waals surface area contributed by atoms with Crippen LogP contribution in [0.5, 0.6) is 0 Å². The number of hydrogen-bond acceptors (Lipinski definition) is 1. The van der Waals surface area contributed by atoms with E-state index in [1.165, 1.54) is 25.0 Å². The first-order valence-electron chi connectivity index (χ1n) is 4.18. The maximum atomic E-state index is 4.39. The van der Waals surface area contributed by atoms with Crippen LogP contribution in [0.1, 0.15) is 26.2 Å². The van der Waals surface area contributed by atoms with E-state index in [4.69, 9.17) is 0 Å². The lowest BCUT2D eigenvalue weighted by molar-refractivity contribution is 0.522. The van der Waals surface area contributed by atoms with E-state index in [0.29, 0.717) is 0 Å². The number of rotatable bonds is 3. The monoisotopic (exact) mass is 158 g/mol. The van der Waals surface area contributed by atoms with Gasteiger partial charge in [-0.3, -0.25) is 0 Å². The van der Waals surface area contributed by atoms with Gasteiger partial charge in [0.05, 0.1) is 0 Å². The highest BCUT2D eigenvalue weighted by Gasteiger charge is 2.12. The van der Waals surface area contributed by atoms with Crippen LogP contribution in [0, 0.1) is 0 Å². The fraction of sp³-hybridized carbons (Fsp3) is 1.00. The van der Waals surface area contributed by atoms with Crippen LogP contribution in [-0.4, -0.2) is 24.1 Å². The Kier molecular flexibility index (Phi) is 4.23. The van der Waals surface area contributed by atoms with E-state index in [-0.39, 0.29) is 0 Å². The molecule has 0 N–H and O–H groups in total. The van der Waals surface area contributed by atoms with Crippen LogP contribution in [0.25, 0.3) is 0 Å². The minimum atomic E-state index is 0.855. The maximum Gasteiger partial charge on any atom is 0.0252 e. The summed E-state index contributed by atoms with van der Waals surface area (Å²) >= 11 is 2.10. The summed E-state index contributed by atoms with van der Waals surface area (Å²) in [4.78, 5) is 0. The zero-order valence-electron chi connectivity index (χ0n) is 6.68. The summed E-state index contributed by atoms with van der Waals surface area (Å²) in [6.45, 7) is 4.47. The van der Waals surface area contributed by atoms with Crippen LogP contribution in [0.3, 0.4) is 0 Å². The molecule has 1 aliphatic heterocycles. The molecule has 0 aromatic heterocycles. The van der Waals surface area contributed by atoms with Crippen molar-refractivity contribution in [1.29, 1.82) is 0 Å². The molecule has 0 aliphatic carbocycles. The Labute approximate surface area is 68.0 Å². The van der Waals surface area contributed by atoms with Gasteiger partial charge in [0, 0.05) is 18.3 Å². The van der Waals surface area contributed by atoms with Crippen molar-refractivity contribution in [2.45, 2.75) is 31.4 Å². The van der Waals surface area contributed by atoms with Crippen molar-refractivity contribution in [2.24, 2.45) is 0 Å². The first kappa shape index (κ1) is 8.41. The number of piperidine rings is 1. The average molecular weight is 158 g/mol. The lowest BCUT2D eigenvalue weighted by Crippen LogP contribution is -2.26. The molecule has 0 aromatic rings. The van der Waals surface area contributed by atoms with Gasteiger partial charge in [0.2, 0.25) is 0 Å². The Bertz CT molecular complexity index is 79.3. The lowest BCUT2D eigenvalue weighted by atomic mass is 10.2. The molecular weight excluding hydrogens is 142 g/mol. The summed E-state index contributed by atoms with van der Waals surface area (Å²) in [6, 6.07) is 0. The first-order valence-corrected chi connectivity index (χ1v) is 5.23. The van der Waals surface area contributed by atoms with E-state index in [1.807, 2.05) is 0 Å². The van der Waals surface area contributed by atoms with E-state index >= 15 is 0 Å². The Hall–Kier alpha value is 0.310. The zero-order valence-corrected chi connectivity index (χ0v) is 7.49. The van der Waals surface area contributed by atoms with Gasteiger partial charge >= 0.3 is 0 Å². The molecule has 1 aliphatic rings. The molecule has 1 saturated heterocycles. The number of nitrogens with zero attached hydrogens (tertiary/aromatic N) is 1. The van der Waals surface area contributed by atoms with Gasteiger partial charge < -0.3 is 0 Å². The van der Waals surface area contributed by atoms with Crippen molar-refractivity contribution in [3.05, 3.63) is 0 Å². The van der Waals surface area contributed by atoms with Crippen LogP contribution in [0.4, 0.5) is 0 Å². The fourth-order valence-corrected chi connectivity index (χ4v) is 2.29. The Morgan fingerprint density at radius 3 is 3.10 bits per heavy atom. The predicted octanol–water partition coefficient (Wildman–Crippen LogP) is 1.90. The van der Waals surface area contributed by atoms with Crippen LogP contribution >= 0.6 is 11.8 Å². The third kappa shape index (κ3) is 2.93. The first-order chi connectivity index (χ1) is 4.93. The molecule has 0 saturated carbocycles. The molecule has 10 heavy (non-hydrogen) atoms. The van der Waals surface area contributed by atoms with Crippen LogP contribution in [-0.2, 0) is 0 Å². The van der Waals surface area contributed by atoms with Crippen LogP contribution in [0.2, 0.25) is 0 Å². The molecule has 0 amide bonds. The third-order valence-electron chi connectivity index (χ3n) is 1.73. The quantitative estimate of drug-likeness (QED) is 0.612. The molecule has 1 rings (SSSR count). The highest BCUT2D eigenvalue weighted by Crippen LogP contribution is 2.19. The van der Waals surface area contributed by atoms with Crippen molar-refractivity contribution >= 4 is 11.8 Å². The molecule has 1 radical (unpaired) electrons. The van der Waals surface area contributed by atoms with E-state index in [0.717, 1.165) is 18.3 Å². The summed E-state index contributed by atoms with van der Waals surface area (Å²) in [5.74, 6) is 1.32. The fourth-order valence-electron chi connectivity index (χ4n) is 1.18. The molecule has 1 unspecified atom stereocenters. The van der Waals surface area contributed by atoms with Gasteiger partial charge in [0.1, 0.15) is 0 Å². The van der Waals surface area contributed by atoms with E-state index < -0.39 is 0 Å². The zero-order chi connectivity index (χ0) is 7.23. The second kappa shape index (κ2) is 5.03. The van der Waals surface area contributed by atoms with Crippen molar-refractivity contribution in [1.82, 2.24) is 5.32 Å². The molecule has 0 aromatic carbocycles. The van der Waals surface area contributed by atoms with Crippen molar-refractivity contribution in [3.63, 3.8) is 0 Å². The SMILES string of the molecule is CCCSC1CCC[N]C1. The van der Waals surface area contributed by atoms with E-state index in [9.17, 15) is 0 Å². The Morgan fingerprint density at radius 2 is 2.50 bits per heavy atom. The third-order valence-corrected chi connectivity index (χ3v) is 3.23. The van der Waals surface area contributed by atoms with Gasteiger partial charge in [0.25, 0.3) is 0 Å². The molecule has 1 atom stereocenters. The van der Waals surface area contributed by atoms with Crippen molar-refractivity contribution in [3.8, 4) is 0 Å². The van der Waals surface area contributed by atoms with Gasteiger partial charge in [-0.1, -0.05) is 6.92 Å². The van der Waals surface area contributed by atoms with Gasteiger partial charge in [0.15, 0.2) is 0 Å². The minimum Gasteiger partial charge on any atom is -0.241 e. The Morgan fingerprint density at radius 1 is 1.60 bits per heavy atom. The van der Waals surface area contributed by atoms with Crippen molar-refractivity contribution in [2.75, 3.05) is 18.8 Å². The smallest absolute Gasteiger partial charge is 0.0252 e. The number of hydrogen-bond donors (Lipinski definition) is 0. The summed E-state index contributed by atoms with van der Waals surface area (Å²) in [5, 5.41) is 5.25. The molecular formula is C8H16NS. The highest BCUT2D eigenvalue weighted by molar-refractivity contribution is 7.99. The predicted molar refractivity (Wildman–Crippen MR) is 47.6 cm³/mol. The van der Waals surface area contributed by atoms with E-state index in [2.05, 4.69) is 24.0 Å². The topological polar surface area (TPSA) is 14.1 Å². The normalized spacial score (nSPS) is 26.7. The van der Waals surface area contributed by atoms with Gasteiger partial charge in [-0.25, -0.2) is 5.32 Å². The molecule has 0 spiro atoms. The average Bonchev–Trinajstić information content (AvgIpc) is 2.03. The molecule has 1 nitrogen and oxygen atoms in total. The van der Waals surface area contributed by atoms with Crippen LogP contribution in [0.15, 0.2) is 0 Å². The van der Waals surface area contributed by atoms with Crippen molar-refractivity contribution < 1.29 is 0 Å². The second-order valence-electron chi connectivity index (χ2n) is 2.76. The summed E-state index contributed by atoms with van der Waals surface area (Å²) < 4.78 is 0. The summed E-state index contributed by atoms with van der Waals surface area (Å²) in [7, 11) is 0. The molecule has 0 bridgehead atoms. The lowest BCUT2D eigenvalue weighted by Gasteiger charge is -2.20. The van der Waals surface area contributed by atoms with Gasteiger partial charge in [-0.15, -0.1) is 0 Å². The minimum absolute atomic E-state index is 0.855. The van der Waals surface area contributed by atoms with E-state index in [1.54, 1.807) is 0 Å². The molecule has 2 heteroatoms. The molecule has 1 heterocycles.